The van der Waals surface area contributed by atoms with Crippen molar-refractivity contribution in [2.24, 2.45) is 0 Å². The molecule has 0 aliphatic rings. The van der Waals surface area contributed by atoms with Crippen LogP contribution in [-0.2, 0) is 5.41 Å². The van der Waals surface area contributed by atoms with Crippen LogP contribution in [0.15, 0.2) is 24.3 Å². The second-order valence-corrected chi connectivity index (χ2v) is 5.38. The molecule has 2 N–H and O–H groups in total. The number of hydrogen-bond donors (Lipinski definition) is 1. The molecule has 0 spiro atoms. The monoisotopic (exact) mass is 279 g/mol. The number of benzene rings is 1. The first-order chi connectivity index (χ1) is 9.25. The molecule has 0 fully saturated rings. The summed E-state index contributed by atoms with van der Waals surface area (Å²) in [5.74, 6) is -0.830. The molecule has 0 unspecified atom stereocenters. The molecule has 0 saturated heterocycles. The molecule has 2 aromatic rings. The van der Waals surface area contributed by atoms with Gasteiger partial charge in [-0.25, -0.2) is 13.8 Å². The van der Waals surface area contributed by atoms with Crippen molar-refractivity contribution in [2.75, 3.05) is 5.73 Å². The van der Waals surface area contributed by atoms with Crippen LogP contribution in [0.5, 0.6) is 11.6 Å². The largest absolute Gasteiger partial charge is 0.439 e. The average molecular weight is 279 g/mol. The van der Waals surface area contributed by atoms with E-state index >= 15 is 0 Å². The van der Waals surface area contributed by atoms with Crippen LogP contribution in [0.3, 0.4) is 0 Å². The topological polar surface area (TPSA) is 61.0 Å². The molecule has 0 saturated carbocycles. The molecule has 6 heteroatoms. The Kier molecular flexibility index (Phi) is 3.57. The third-order valence-electron chi connectivity index (χ3n) is 2.51. The molecule has 2 rings (SSSR count). The van der Waals surface area contributed by atoms with E-state index in [1.54, 1.807) is 0 Å². The minimum atomic E-state index is -0.986. The van der Waals surface area contributed by atoms with Crippen molar-refractivity contribution in [3.05, 3.63) is 41.7 Å². The lowest BCUT2D eigenvalue weighted by Gasteiger charge is -2.17. The van der Waals surface area contributed by atoms with Crippen molar-refractivity contribution in [2.45, 2.75) is 26.2 Å². The van der Waals surface area contributed by atoms with Crippen molar-refractivity contribution in [1.29, 1.82) is 0 Å². The third-order valence-corrected chi connectivity index (χ3v) is 2.51. The smallest absolute Gasteiger partial charge is 0.224 e. The lowest BCUT2D eigenvalue weighted by molar-refractivity contribution is 0.436. The Labute approximate surface area is 115 Å². The molecule has 20 heavy (non-hydrogen) atoms. The van der Waals surface area contributed by atoms with Gasteiger partial charge in [0.25, 0.3) is 0 Å². The van der Waals surface area contributed by atoms with Crippen molar-refractivity contribution < 1.29 is 13.5 Å². The highest BCUT2D eigenvalue weighted by Crippen LogP contribution is 2.26. The zero-order chi connectivity index (χ0) is 14.9. The van der Waals surface area contributed by atoms with Crippen LogP contribution in [-0.4, -0.2) is 9.97 Å². The predicted octanol–water partition coefficient (Wildman–Crippen LogP) is 3.43. The summed E-state index contributed by atoms with van der Waals surface area (Å²) in [4.78, 5) is 8.35. The molecule has 1 aromatic heterocycles. The molecule has 0 radical (unpaired) electrons. The molecule has 0 aliphatic heterocycles. The molecule has 0 amide bonds. The van der Waals surface area contributed by atoms with Gasteiger partial charge in [-0.1, -0.05) is 20.8 Å². The lowest BCUT2D eigenvalue weighted by Crippen LogP contribution is -2.17. The fourth-order valence-corrected chi connectivity index (χ4v) is 1.49. The van der Waals surface area contributed by atoms with Gasteiger partial charge in [0.1, 0.15) is 17.4 Å². The zero-order valence-corrected chi connectivity index (χ0v) is 11.4. The van der Waals surface area contributed by atoms with Crippen molar-refractivity contribution in [1.82, 2.24) is 9.97 Å². The highest BCUT2D eigenvalue weighted by molar-refractivity contribution is 5.37. The van der Waals surface area contributed by atoms with Gasteiger partial charge in [0.15, 0.2) is 11.6 Å². The normalized spacial score (nSPS) is 11.4. The van der Waals surface area contributed by atoms with Gasteiger partial charge < -0.3 is 10.5 Å². The maximum Gasteiger partial charge on any atom is 0.224 e. The quantitative estimate of drug-likeness (QED) is 0.915. The number of anilines is 1. The number of halogens is 2. The van der Waals surface area contributed by atoms with E-state index in [9.17, 15) is 8.78 Å². The number of rotatable bonds is 2. The van der Waals surface area contributed by atoms with Gasteiger partial charge in [0.05, 0.1) is 0 Å². The summed E-state index contributed by atoms with van der Waals surface area (Å²) in [6.45, 7) is 5.80. The van der Waals surface area contributed by atoms with Crippen molar-refractivity contribution in [3.63, 3.8) is 0 Å². The standard InChI is InChI=1S/C14H15F2N3O/c1-14(2,3)13-18-11(17)7-12(19-13)20-8-4-5-9(15)10(16)6-8/h4-7H,1-3H3,(H2,17,18,19). The number of nitrogens with two attached hydrogens (primary N) is 1. The molecule has 4 nitrogen and oxygen atoms in total. The highest BCUT2D eigenvalue weighted by Gasteiger charge is 2.19. The summed E-state index contributed by atoms with van der Waals surface area (Å²) >= 11 is 0. The van der Waals surface area contributed by atoms with E-state index in [1.807, 2.05) is 20.8 Å². The molecule has 106 valence electrons. The number of aromatic nitrogens is 2. The summed E-state index contributed by atoms with van der Waals surface area (Å²) in [5, 5.41) is 0. The Hall–Kier alpha value is -2.24. The van der Waals surface area contributed by atoms with Gasteiger partial charge in [0, 0.05) is 17.5 Å². The van der Waals surface area contributed by atoms with Crippen LogP contribution in [0.2, 0.25) is 0 Å². The van der Waals surface area contributed by atoms with Crippen LogP contribution >= 0.6 is 0 Å². The van der Waals surface area contributed by atoms with Crippen LogP contribution in [0.1, 0.15) is 26.6 Å². The predicted molar refractivity (Wildman–Crippen MR) is 71.6 cm³/mol. The van der Waals surface area contributed by atoms with Crippen LogP contribution in [0, 0.1) is 11.6 Å². The number of ether oxygens (including phenoxy) is 1. The third kappa shape index (κ3) is 3.20. The van der Waals surface area contributed by atoms with Gasteiger partial charge in [-0.3, -0.25) is 0 Å². The fourth-order valence-electron chi connectivity index (χ4n) is 1.49. The minimum Gasteiger partial charge on any atom is -0.439 e. The molecule has 0 bridgehead atoms. The van der Waals surface area contributed by atoms with Crippen molar-refractivity contribution in [3.8, 4) is 11.6 Å². The van der Waals surface area contributed by atoms with E-state index in [0.717, 1.165) is 12.1 Å². The summed E-state index contributed by atoms with van der Waals surface area (Å²) < 4.78 is 31.4. The van der Waals surface area contributed by atoms with Crippen LogP contribution < -0.4 is 10.5 Å². The van der Waals surface area contributed by atoms with E-state index in [2.05, 4.69) is 9.97 Å². The minimum absolute atomic E-state index is 0.141. The van der Waals surface area contributed by atoms with Crippen LogP contribution in [0.25, 0.3) is 0 Å². The SMILES string of the molecule is CC(C)(C)c1nc(N)cc(Oc2ccc(F)c(F)c2)n1. The first kappa shape index (κ1) is 14.2. The second-order valence-electron chi connectivity index (χ2n) is 5.38. The lowest BCUT2D eigenvalue weighted by atomic mass is 9.96. The van der Waals surface area contributed by atoms with E-state index in [0.29, 0.717) is 5.82 Å². The van der Waals surface area contributed by atoms with Gasteiger partial charge in [-0.2, -0.15) is 4.98 Å². The van der Waals surface area contributed by atoms with Gasteiger partial charge in [-0.05, 0) is 12.1 Å². The van der Waals surface area contributed by atoms with Gasteiger partial charge in [0.2, 0.25) is 5.88 Å². The Morgan fingerprint density at radius 1 is 1.05 bits per heavy atom. The fraction of sp³-hybridized carbons (Fsp3) is 0.286. The molecule has 0 atom stereocenters. The average Bonchev–Trinajstić information content (AvgIpc) is 2.32. The van der Waals surface area contributed by atoms with E-state index in [1.165, 1.54) is 12.1 Å². The Morgan fingerprint density at radius 3 is 2.35 bits per heavy atom. The van der Waals surface area contributed by atoms with Crippen molar-refractivity contribution >= 4 is 5.82 Å². The number of nitrogens with zero attached hydrogens (tertiary/aromatic N) is 2. The number of nitrogen functional groups attached to an aromatic ring is 1. The molecule has 0 aliphatic carbocycles. The summed E-state index contributed by atoms with van der Waals surface area (Å²) in [6, 6.07) is 4.67. The molecule has 1 aromatic carbocycles. The molecular formula is C14H15F2N3O. The summed E-state index contributed by atoms with van der Waals surface area (Å²) in [5.41, 5.74) is 5.39. The Bertz CT molecular complexity index is 639. The summed E-state index contributed by atoms with van der Waals surface area (Å²) in [6.07, 6.45) is 0. The first-order valence-corrected chi connectivity index (χ1v) is 6.03. The van der Waals surface area contributed by atoms with Gasteiger partial charge in [-0.15, -0.1) is 0 Å². The highest BCUT2D eigenvalue weighted by atomic mass is 19.2. The zero-order valence-electron chi connectivity index (χ0n) is 11.4. The van der Waals surface area contributed by atoms with E-state index in [-0.39, 0.29) is 22.9 Å². The summed E-state index contributed by atoms with van der Waals surface area (Å²) in [7, 11) is 0. The maximum absolute atomic E-state index is 13.1. The number of hydrogen-bond acceptors (Lipinski definition) is 4. The van der Waals surface area contributed by atoms with Crippen LogP contribution in [0.4, 0.5) is 14.6 Å². The maximum atomic E-state index is 13.1. The Balaban J connectivity index is 2.33. The molecular weight excluding hydrogens is 264 g/mol. The van der Waals surface area contributed by atoms with E-state index < -0.39 is 11.6 Å². The second kappa shape index (κ2) is 5.03. The van der Waals surface area contributed by atoms with E-state index in [4.69, 9.17) is 10.5 Å². The van der Waals surface area contributed by atoms with Gasteiger partial charge >= 0.3 is 0 Å². The Morgan fingerprint density at radius 2 is 1.75 bits per heavy atom. The first-order valence-electron chi connectivity index (χ1n) is 6.03. The molecule has 1 heterocycles.